The summed E-state index contributed by atoms with van der Waals surface area (Å²) < 4.78 is 0. The van der Waals surface area contributed by atoms with Gasteiger partial charge < -0.3 is 30.9 Å². The van der Waals surface area contributed by atoms with Crippen LogP contribution in [0.4, 0.5) is 16.2 Å². The third-order valence-corrected chi connectivity index (χ3v) is 7.93. The van der Waals surface area contributed by atoms with Crippen LogP contribution in [0.15, 0.2) is 73.1 Å². The predicted octanol–water partition coefficient (Wildman–Crippen LogP) is 4.56. The lowest BCUT2D eigenvalue weighted by Gasteiger charge is -2.16. The Labute approximate surface area is 266 Å². The predicted molar refractivity (Wildman–Crippen MR) is 173 cm³/mol. The number of anilines is 2. The summed E-state index contributed by atoms with van der Waals surface area (Å²) in [5.41, 5.74) is 5.50. The quantitative estimate of drug-likeness (QED) is 0.179. The number of urea groups is 1. The fourth-order valence-electron chi connectivity index (χ4n) is 4.97. The van der Waals surface area contributed by atoms with Gasteiger partial charge in [0.25, 0.3) is 11.8 Å². The molecule has 0 atom stereocenters. The SMILES string of the molecule is Cc1c(NC(=O)c2ccc(CN3CCN(C)C3=O)cn2)cccc1-c1cccc(NC(=O)c2ccc(CNCCO)cn2)c1Cl. The maximum absolute atomic E-state index is 13.1. The van der Waals surface area contributed by atoms with Crippen molar-refractivity contribution in [1.82, 2.24) is 25.1 Å². The molecule has 4 amide bonds. The van der Waals surface area contributed by atoms with Crippen LogP contribution < -0.4 is 16.0 Å². The van der Waals surface area contributed by atoms with E-state index in [1.54, 1.807) is 71.7 Å². The molecule has 0 radical (unpaired) electrons. The van der Waals surface area contributed by atoms with Crippen LogP contribution >= 0.6 is 11.6 Å². The van der Waals surface area contributed by atoms with Crippen molar-refractivity contribution in [2.24, 2.45) is 0 Å². The van der Waals surface area contributed by atoms with Gasteiger partial charge in [-0.3, -0.25) is 19.6 Å². The van der Waals surface area contributed by atoms with Crippen LogP contribution in [-0.4, -0.2) is 76.0 Å². The van der Waals surface area contributed by atoms with Crippen molar-refractivity contribution in [1.29, 1.82) is 0 Å². The van der Waals surface area contributed by atoms with Crippen molar-refractivity contribution in [2.45, 2.75) is 20.0 Å². The minimum atomic E-state index is -0.403. The molecular formula is C33H34ClN7O4. The van der Waals surface area contributed by atoms with Gasteiger partial charge >= 0.3 is 6.03 Å². The topological polar surface area (TPSA) is 140 Å². The molecule has 232 valence electrons. The van der Waals surface area contributed by atoms with E-state index in [-0.39, 0.29) is 29.9 Å². The van der Waals surface area contributed by atoms with Crippen LogP contribution in [0.2, 0.25) is 5.02 Å². The molecule has 4 N–H and O–H groups in total. The average molecular weight is 628 g/mol. The van der Waals surface area contributed by atoms with Gasteiger partial charge in [-0.2, -0.15) is 0 Å². The fourth-order valence-corrected chi connectivity index (χ4v) is 5.25. The number of nitrogens with zero attached hydrogens (tertiary/aromatic N) is 4. The number of rotatable bonds is 11. The summed E-state index contributed by atoms with van der Waals surface area (Å²) in [7, 11) is 1.77. The zero-order valence-corrected chi connectivity index (χ0v) is 25.8. The van der Waals surface area contributed by atoms with Crippen LogP contribution in [0.25, 0.3) is 11.1 Å². The number of hydrogen-bond acceptors (Lipinski definition) is 7. The van der Waals surface area contributed by atoms with E-state index in [9.17, 15) is 14.4 Å². The molecule has 2 aromatic carbocycles. The number of carbonyl (C=O) groups is 3. The van der Waals surface area contributed by atoms with Crippen molar-refractivity contribution in [3.8, 4) is 11.1 Å². The number of aliphatic hydroxyl groups excluding tert-OH is 1. The Morgan fingerprint density at radius 1 is 0.867 bits per heavy atom. The van der Waals surface area contributed by atoms with Crippen LogP contribution in [0, 0.1) is 6.92 Å². The lowest BCUT2D eigenvalue weighted by molar-refractivity contribution is 0.101. The van der Waals surface area contributed by atoms with Gasteiger partial charge in [0.2, 0.25) is 0 Å². The van der Waals surface area contributed by atoms with E-state index in [0.29, 0.717) is 54.7 Å². The first-order valence-electron chi connectivity index (χ1n) is 14.5. The summed E-state index contributed by atoms with van der Waals surface area (Å²) in [6.07, 6.45) is 3.23. The second kappa shape index (κ2) is 14.3. The molecule has 0 saturated carbocycles. The van der Waals surface area contributed by atoms with Gasteiger partial charge in [-0.25, -0.2) is 4.79 Å². The standard InChI is InChI=1S/C33H34ClN7O4/c1-21-24(25-6-4-8-27(30(25)34)39-32(44)28-11-9-22(18-36-28)17-35-13-16-42)5-3-7-26(21)38-31(43)29-12-10-23(19-37-29)20-41-15-14-40(2)33(41)45/h3-12,18-19,35,42H,13-17,20H2,1-2H3,(H,38,43)(H,39,44). The largest absolute Gasteiger partial charge is 0.395 e. The Balaban J connectivity index is 1.27. The van der Waals surface area contributed by atoms with E-state index < -0.39 is 5.91 Å². The Bertz CT molecular complexity index is 1700. The number of aromatic nitrogens is 2. The summed E-state index contributed by atoms with van der Waals surface area (Å²) in [4.78, 5) is 50.2. The highest BCUT2D eigenvalue weighted by atomic mass is 35.5. The molecule has 1 aliphatic rings. The van der Waals surface area contributed by atoms with Gasteiger partial charge in [-0.15, -0.1) is 0 Å². The monoisotopic (exact) mass is 627 g/mol. The molecule has 45 heavy (non-hydrogen) atoms. The lowest BCUT2D eigenvalue weighted by Crippen LogP contribution is -2.29. The Hall–Kier alpha value is -4.84. The Morgan fingerprint density at radius 3 is 2.09 bits per heavy atom. The van der Waals surface area contributed by atoms with Gasteiger partial charge in [-0.1, -0.05) is 48.0 Å². The smallest absolute Gasteiger partial charge is 0.320 e. The fraction of sp³-hybridized carbons (Fsp3) is 0.242. The number of aliphatic hydroxyl groups is 1. The normalized spacial score (nSPS) is 12.8. The molecule has 0 aliphatic carbocycles. The molecule has 1 fully saturated rings. The lowest BCUT2D eigenvalue weighted by atomic mass is 9.98. The molecule has 4 aromatic rings. The summed E-state index contributed by atoms with van der Waals surface area (Å²) in [6.45, 7) is 4.71. The third kappa shape index (κ3) is 7.46. The number of pyridine rings is 2. The molecule has 12 heteroatoms. The first-order chi connectivity index (χ1) is 21.7. The van der Waals surface area contributed by atoms with E-state index in [2.05, 4.69) is 25.9 Å². The highest BCUT2D eigenvalue weighted by molar-refractivity contribution is 6.36. The number of likely N-dealkylation sites (N-methyl/N-ethyl adjacent to an activating group) is 1. The molecule has 1 aliphatic heterocycles. The average Bonchev–Trinajstić information content (AvgIpc) is 3.36. The highest BCUT2D eigenvalue weighted by Crippen LogP contribution is 2.37. The maximum atomic E-state index is 13.1. The van der Waals surface area contributed by atoms with Crippen molar-refractivity contribution >= 4 is 40.8 Å². The van der Waals surface area contributed by atoms with Gasteiger partial charge in [0.1, 0.15) is 11.4 Å². The molecule has 1 saturated heterocycles. The van der Waals surface area contributed by atoms with Crippen LogP contribution in [-0.2, 0) is 13.1 Å². The van der Waals surface area contributed by atoms with Crippen LogP contribution in [0.3, 0.4) is 0 Å². The molecule has 0 bridgehead atoms. The third-order valence-electron chi connectivity index (χ3n) is 7.53. The second-order valence-electron chi connectivity index (χ2n) is 10.7. The van der Waals surface area contributed by atoms with Gasteiger partial charge in [0.15, 0.2) is 0 Å². The second-order valence-corrected chi connectivity index (χ2v) is 11.1. The van der Waals surface area contributed by atoms with Crippen molar-refractivity contribution in [2.75, 3.05) is 43.9 Å². The maximum Gasteiger partial charge on any atom is 0.320 e. The van der Waals surface area contributed by atoms with E-state index in [1.807, 2.05) is 25.1 Å². The summed E-state index contributed by atoms with van der Waals surface area (Å²) in [6, 6.07) is 17.7. The summed E-state index contributed by atoms with van der Waals surface area (Å²) in [5, 5.41) is 18.1. The molecule has 11 nitrogen and oxygen atoms in total. The first kappa shape index (κ1) is 31.6. The number of amides is 4. The van der Waals surface area contributed by atoms with E-state index >= 15 is 0 Å². The first-order valence-corrected chi connectivity index (χ1v) is 14.9. The Morgan fingerprint density at radius 2 is 1.49 bits per heavy atom. The number of hydrogen-bond donors (Lipinski definition) is 4. The van der Waals surface area contributed by atoms with Gasteiger partial charge in [0, 0.05) is 63.4 Å². The molecule has 0 spiro atoms. The summed E-state index contributed by atoms with van der Waals surface area (Å²) in [5.74, 6) is -0.770. The molecule has 2 aromatic heterocycles. The Kier molecular flexibility index (Phi) is 10.0. The van der Waals surface area contributed by atoms with Gasteiger partial charge in [0.05, 0.1) is 17.3 Å². The van der Waals surface area contributed by atoms with Crippen molar-refractivity contribution in [3.63, 3.8) is 0 Å². The number of nitrogens with one attached hydrogen (secondary N) is 3. The van der Waals surface area contributed by atoms with E-state index in [1.165, 1.54) is 0 Å². The van der Waals surface area contributed by atoms with Crippen LogP contribution in [0.1, 0.15) is 37.7 Å². The van der Waals surface area contributed by atoms with Crippen molar-refractivity contribution < 1.29 is 19.5 Å². The summed E-state index contributed by atoms with van der Waals surface area (Å²) >= 11 is 6.80. The van der Waals surface area contributed by atoms with Gasteiger partial charge in [-0.05, 0) is 53.4 Å². The van der Waals surface area contributed by atoms with Crippen molar-refractivity contribution in [3.05, 3.63) is 106 Å². The number of halogens is 1. The van der Waals surface area contributed by atoms with Crippen LogP contribution in [0.5, 0.6) is 0 Å². The van der Waals surface area contributed by atoms with E-state index in [4.69, 9.17) is 16.7 Å². The minimum Gasteiger partial charge on any atom is -0.395 e. The molecular weight excluding hydrogens is 594 g/mol. The molecule has 0 unspecified atom stereocenters. The molecule has 5 rings (SSSR count). The minimum absolute atomic E-state index is 0.0217. The number of benzene rings is 2. The zero-order chi connectivity index (χ0) is 31.9. The highest BCUT2D eigenvalue weighted by Gasteiger charge is 2.25. The zero-order valence-electron chi connectivity index (χ0n) is 25.0. The molecule has 3 heterocycles. The van der Waals surface area contributed by atoms with E-state index in [0.717, 1.165) is 22.3 Å². The number of carbonyl (C=O) groups excluding carboxylic acids is 3.